The van der Waals surface area contributed by atoms with Crippen LogP contribution in [-0.4, -0.2) is 29.8 Å². The molecular weight excluding hydrogens is 442 g/mol. The summed E-state index contributed by atoms with van der Waals surface area (Å²) in [4.78, 5) is 0. The highest BCUT2D eigenvalue weighted by Crippen LogP contribution is 2.41. The second-order valence-corrected chi connectivity index (χ2v) is 21.8. The lowest BCUT2D eigenvalue weighted by Crippen LogP contribution is -2.43. The van der Waals surface area contributed by atoms with Crippen LogP contribution in [0.1, 0.15) is 53.0 Å². The number of ether oxygens (including phenoxy) is 1. The van der Waals surface area contributed by atoms with Crippen LogP contribution in [0.3, 0.4) is 0 Å². The first kappa shape index (κ1) is 25.7. The molecule has 1 aliphatic heterocycles. The fraction of sp³-hybridized carbons (Fsp3) is 0.556. The molecule has 33 heavy (non-hydrogen) atoms. The first-order valence-corrected chi connectivity index (χ1v) is 17.9. The Morgan fingerprint density at radius 1 is 0.818 bits per heavy atom. The van der Waals surface area contributed by atoms with Gasteiger partial charge in [0.1, 0.15) is 17.2 Å². The molecule has 0 fully saturated rings. The third-order valence-electron chi connectivity index (χ3n) is 7.62. The number of rotatable bonds is 5. The second kappa shape index (κ2) is 9.02. The number of benzene rings is 2. The Morgan fingerprint density at radius 2 is 1.39 bits per heavy atom. The van der Waals surface area contributed by atoms with E-state index in [0.717, 1.165) is 29.5 Å². The van der Waals surface area contributed by atoms with Gasteiger partial charge in [-0.15, -0.1) is 0 Å². The number of nitrogens with one attached hydrogen (secondary N) is 1. The van der Waals surface area contributed by atoms with E-state index in [1.54, 1.807) is 0 Å². The van der Waals surface area contributed by atoms with Gasteiger partial charge in [-0.1, -0.05) is 53.7 Å². The molecule has 2 aromatic carbocycles. The molecular formula is C27H43NO3Si2. The van der Waals surface area contributed by atoms with Gasteiger partial charge in [0.2, 0.25) is 16.6 Å². The van der Waals surface area contributed by atoms with E-state index in [9.17, 15) is 0 Å². The normalized spacial score (nSPS) is 17.3. The van der Waals surface area contributed by atoms with E-state index in [-0.39, 0.29) is 16.0 Å². The lowest BCUT2D eigenvalue weighted by atomic mass is 10.00. The molecule has 0 spiro atoms. The van der Waals surface area contributed by atoms with Crippen LogP contribution >= 0.6 is 0 Å². The Hall–Kier alpha value is -1.93. The Balaban J connectivity index is 1.74. The van der Waals surface area contributed by atoms with E-state index in [2.05, 4.69) is 109 Å². The lowest BCUT2D eigenvalue weighted by molar-refractivity contribution is 0.300. The maximum atomic E-state index is 6.55. The maximum Gasteiger partial charge on any atom is 0.250 e. The molecule has 0 aliphatic carbocycles. The molecule has 1 aliphatic rings. The van der Waals surface area contributed by atoms with E-state index < -0.39 is 16.6 Å². The van der Waals surface area contributed by atoms with Crippen molar-refractivity contribution in [1.29, 1.82) is 0 Å². The minimum absolute atomic E-state index is 0.154. The van der Waals surface area contributed by atoms with Crippen LogP contribution in [0.4, 0.5) is 5.69 Å². The SMILES string of the molecule is CC(C)(C)[Si](C)(C)Oc1cccc(C2CNc3ccc(O[Si](C)(C)C(C)(C)C)cc3OC2)c1. The van der Waals surface area contributed by atoms with E-state index in [4.69, 9.17) is 13.6 Å². The molecule has 4 nitrogen and oxygen atoms in total. The molecule has 0 amide bonds. The van der Waals surface area contributed by atoms with Crippen molar-refractivity contribution >= 4 is 22.3 Å². The van der Waals surface area contributed by atoms with Crippen molar-refractivity contribution in [2.24, 2.45) is 0 Å². The topological polar surface area (TPSA) is 39.7 Å². The Morgan fingerprint density at radius 3 is 1.97 bits per heavy atom. The van der Waals surface area contributed by atoms with Crippen LogP contribution in [0.2, 0.25) is 36.3 Å². The van der Waals surface area contributed by atoms with Gasteiger partial charge in [-0.2, -0.15) is 0 Å². The van der Waals surface area contributed by atoms with Gasteiger partial charge in [0.15, 0.2) is 0 Å². The van der Waals surface area contributed by atoms with Crippen molar-refractivity contribution < 1.29 is 13.6 Å². The molecule has 1 N–H and O–H groups in total. The molecule has 2 aromatic rings. The zero-order chi connectivity index (χ0) is 24.7. The third kappa shape index (κ3) is 5.96. The highest BCUT2D eigenvalue weighted by molar-refractivity contribution is 6.75. The predicted molar refractivity (Wildman–Crippen MR) is 145 cm³/mol. The fourth-order valence-corrected chi connectivity index (χ4v) is 5.30. The summed E-state index contributed by atoms with van der Waals surface area (Å²) in [5.41, 5.74) is 2.26. The van der Waals surface area contributed by atoms with Gasteiger partial charge in [-0.25, -0.2) is 0 Å². The van der Waals surface area contributed by atoms with Gasteiger partial charge in [-0.05, 0) is 66.1 Å². The zero-order valence-corrected chi connectivity index (χ0v) is 24.3. The van der Waals surface area contributed by atoms with Gasteiger partial charge >= 0.3 is 0 Å². The van der Waals surface area contributed by atoms with Gasteiger partial charge in [-0.3, -0.25) is 0 Å². The van der Waals surface area contributed by atoms with Crippen LogP contribution in [0.5, 0.6) is 17.2 Å². The van der Waals surface area contributed by atoms with Gasteiger partial charge in [0, 0.05) is 18.5 Å². The molecule has 0 saturated carbocycles. The summed E-state index contributed by atoms with van der Waals surface area (Å²) in [5.74, 6) is 2.96. The zero-order valence-electron chi connectivity index (χ0n) is 22.3. The largest absolute Gasteiger partial charge is 0.543 e. The lowest BCUT2D eigenvalue weighted by Gasteiger charge is -2.36. The van der Waals surface area contributed by atoms with Crippen LogP contribution in [0.15, 0.2) is 42.5 Å². The monoisotopic (exact) mass is 485 g/mol. The van der Waals surface area contributed by atoms with Crippen LogP contribution in [-0.2, 0) is 0 Å². The van der Waals surface area contributed by atoms with Gasteiger partial charge in [0.05, 0.1) is 12.3 Å². The van der Waals surface area contributed by atoms with Gasteiger partial charge < -0.3 is 18.9 Å². The molecule has 0 radical (unpaired) electrons. The Bertz CT molecular complexity index is 974. The number of fused-ring (bicyclic) bond motifs is 1. The summed E-state index contributed by atoms with van der Waals surface area (Å²) in [6.07, 6.45) is 0. The van der Waals surface area contributed by atoms with Crippen molar-refractivity contribution in [3.05, 3.63) is 48.0 Å². The van der Waals surface area contributed by atoms with E-state index in [1.807, 2.05) is 6.07 Å². The van der Waals surface area contributed by atoms with Crippen molar-refractivity contribution in [3.63, 3.8) is 0 Å². The summed E-state index contributed by atoms with van der Waals surface area (Å²) in [6, 6.07) is 14.7. The molecule has 6 heteroatoms. The molecule has 3 rings (SSSR count). The number of hydrogen-bond donors (Lipinski definition) is 1. The van der Waals surface area contributed by atoms with Crippen molar-refractivity contribution in [3.8, 4) is 17.2 Å². The number of hydrogen-bond acceptors (Lipinski definition) is 4. The Labute approximate surface area is 203 Å². The molecule has 1 heterocycles. The molecule has 0 bridgehead atoms. The molecule has 1 unspecified atom stereocenters. The van der Waals surface area contributed by atoms with Crippen molar-refractivity contribution in [2.45, 2.75) is 83.7 Å². The van der Waals surface area contributed by atoms with Gasteiger partial charge in [0.25, 0.3) is 0 Å². The molecule has 182 valence electrons. The average Bonchev–Trinajstić information content (AvgIpc) is 2.88. The van der Waals surface area contributed by atoms with Crippen molar-refractivity contribution in [2.75, 3.05) is 18.5 Å². The first-order valence-electron chi connectivity index (χ1n) is 12.1. The maximum absolute atomic E-state index is 6.55. The fourth-order valence-electron chi connectivity index (χ4n) is 3.26. The van der Waals surface area contributed by atoms with Crippen LogP contribution in [0.25, 0.3) is 0 Å². The summed E-state index contributed by atoms with van der Waals surface area (Å²) in [7, 11) is -3.77. The van der Waals surface area contributed by atoms with E-state index in [0.29, 0.717) is 6.61 Å². The summed E-state index contributed by atoms with van der Waals surface area (Å²) in [5, 5.41) is 3.91. The summed E-state index contributed by atoms with van der Waals surface area (Å²) in [6.45, 7) is 24.1. The quantitative estimate of drug-likeness (QED) is 0.435. The van der Waals surface area contributed by atoms with Crippen LogP contribution in [0, 0.1) is 0 Å². The summed E-state index contributed by atoms with van der Waals surface area (Å²) >= 11 is 0. The highest BCUT2D eigenvalue weighted by Gasteiger charge is 2.40. The summed E-state index contributed by atoms with van der Waals surface area (Å²) < 4.78 is 19.3. The highest BCUT2D eigenvalue weighted by atomic mass is 28.4. The minimum Gasteiger partial charge on any atom is -0.543 e. The molecule has 0 aromatic heterocycles. The predicted octanol–water partition coefficient (Wildman–Crippen LogP) is 8.04. The first-order chi connectivity index (χ1) is 15.1. The number of anilines is 1. The minimum atomic E-state index is -1.90. The van der Waals surface area contributed by atoms with E-state index in [1.165, 1.54) is 5.56 Å². The molecule has 1 atom stereocenters. The second-order valence-electron chi connectivity index (χ2n) is 12.3. The average molecular weight is 486 g/mol. The standard InChI is InChI=1S/C27H43NO3Si2/c1-26(2,3)32(7,8)30-22-13-11-12-20(16-22)21-18-28-24-15-14-23(17-25(24)29-19-21)31-33(9,10)27(4,5)6/h11-17,21,28H,18-19H2,1-10H3. The smallest absolute Gasteiger partial charge is 0.250 e. The third-order valence-corrected chi connectivity index (χ3v) is 16.3. The van der Waals surface area contributed by atoms with Crippen LogP contribution < -0.4 is 18.9 Å². The van der Waals surface area contributed by atoms with Crippen molar-refractivity contribution in [1.82, 2.24) is 0 Å². The Kier molecular flexibility index (Phi) is 7.03. The molecule has 0 saturated heterocycles. The van der Waals surface area contributed by atoms with E-state index >= 15 is 0 Å².